The van der Waals surface area contributed by atoms with Crippen molar-refractivity contribution < 1.29 is 14.3 Å². The maximum atomic E-state index is 12.5. The van der Waals surface area contributed by atoms with E-state index in [0.717, 1.165) is 10.9 Å². The number of benzene rings is 2. The van der Waals surface area contributed by atoms with Crippen molar-refractivity contribution in [2.24, 2.45) is 12.8 Å². The van der Waals surface area contributed by atoms with Crippen molar-refractivity contribution in [3.63, 3.8) is 0 Å². The molecule has 1 atom stereocenters. The van der Waals surface area contributed by atoms with Gasteiger partial charge >= 0.3 is 5.97 Å². The fourth-order valence-corrected chi connectivity index (χ4v) is 2.59. The molecule has 5 nitrogen and oxygen atoms in total. The lowest BCUT2D eigenvalue weighted by molar-refractivity contribution is -0.127. The lowest BCUT2D eigenvalue weighted by Gasteiger charge is -2.14. The molecule has 0 radical (unpaired) electrons. The Bertz CT molecular complexity index is 868. The molecule has 0 saturated carbocycles. The molecule has 0 saturated heterocycles. The number of nitrogens with two attached hydrogens (primary N) is 1. The van der Waals surface area contributed by atoms with Crippen LogP contribution in [0.2, 0.25) is 0 Å². The van der Waals surface area contributed by atoms with Gasteiger partial charge in [0.1, 0.15) is 0 Å². The number of fused-ring (bicyclic) bond motifs is 1. The van der Waals surface area contributed by atoms with E-state index in [1.54, 1.807) is 30.5 Å². The van der Waals surface area contributed by atoms with E-state index in [-0.39, 0.29) is 0 Å². The summed E-state index contributed by atoms with van der Waals surface area (Å²) < 4.78 is 7.22. The number of hydrogen-bond donors (Lipinski definition) is 1. The Morgan fingerprint density at radius 2 is 1.70 bits per heavy atom. The first-order valence-corrected chi connectivity index (χ1v) is 7.17. The average molecular weight is 308 g/mol. The molecule has 1 amide bonds. The molecule has 116 valence electrons. The first kappa shape index (κ1) is 14.8. The molecule has 1 aromatic heterocycles. The van der Waals surface area contributed by atoms with Gasteiger partial charge in [-0.3, -0.25) is 4.79 Å². The van der Waals surface area contributed by atoms with Gasteiger partial charge in [-0.05, 0) is 6.07 Å². The minimum absolute atomic E-state index is 0.408. The van der Waals surface area contributed by atoms with Gasteiger partial charge in [0.05, 0.1) is 5.56 Å². The lowest BCUT2D eigenvalue weighted by atomic mass is 10.1. The lowest BCUT2D eigenvalue weighted by Crippen LogP contribution is -2.26. The van der Waals surface area contributed by atoms with Crippen LogP contribution >= 0.6 is 0 Å². The molecule has 0 fully saturated rings. The summed E-state index contributed by atoms with van der Waals surface area (Å²) in [6.07, 6.45) is 0.582. The van der Waals surface area contributed by atoms with Crippen LogP contribution in [0.25, 0.3) is 10.9 Å². The number of para-hydroxylation sites is 1. The summed E-state index contributed by atoms with van der Waals surface area (Å²) in [6.45, 7) is 0. The van der Waals surface area contributed by atoms with Gasteiger partial charge in [0.25, 0.3) is 5.91 Å². The highest BCUT2D eigenvalue weighted by Crippen LogP contribution is 2.24. The van der Waals surface area contributed by atoms with E-state index in [0.29, 0.717) is 11.1 Å². The quantitative estimate of drug-likeness (QED) is 0.753. The summed E-state index contributed by atoms with van der Waals surface area (Å²) >= 11 is 0. The van der Waals surface area contributed by atoms with E-state index in [1.165, 1.54) is 0 Å². The maximum Gasteiger partial charge on any atom is 0.341 e. The molecule has 3 rings (SSSR count). The minimum Gasteiger partial charge on any atom is -0.444 e. The Kier molecular flexibility index (Phi) is 3.85. The third-order valence-electron chi connectivity index (χ3n) is 3.70. The molecule has 0 aliphatic heterocycles. The molecule has 3 aromatic rings. The number of esters is 1. The van der Waals surface area contributed by atoms with Crippen molar-refractivity contribution in [3.05, 3.63) is 71.9 Å². The Hall–Kier alpha value is -3.08. The molecule has 0 aliphatic rings. The van der Waals surface area contributed by atoms with E-state index in [2.05, 4.69) is 0 Å². The fourth-order valence-electron chi connectivity index (χ4n) is 2.59. The number of primary amides is 1. The van der Waals surface area contributed by atoms with Crippen LogP contribution in [0.3, 0.4) is 0 Å². The van der Waals surface area contributed by atoms with E-state index in [9.17, 15) is 9.59 Å². The van der Waals surface area contributed by atoms with Gasteiger partial charge in [-0.1, -0.05) is 48.5 Å². The van der Waals surface area contributed by atoms with Gasteiger partial charge in [0.2, 0.25) is 6.10 Å². The SMILES string of the molecule is Cn1cc(C(=O)O[C@H](C(N)=O)c2ccccc2)c2ccccc21. The first-order chi connectivity index (χ1) is 11.1. The van der Waals surface area contributed by atoms with Gasteiger partial charge in [0, 0.05) is 29.7 Å². The molecule has 1 heterocycles. The second kappa shape index (κ2) is 5.96. The molecular formula is C18H16N2O3. The zero-order valence-electron chi connectivity index (χ0n) is 12.6. The predicted molar refractivity (Wildman–Crippen MR) is 86.7 cm³/mol. The van der Waals surface area contributed by atoms with Crippen LogP contribution in [0, 0.1) is 0 Å². The molecule has 2 aromatic carbocycles. The predicted octanol–water partition coefficient (Wildman–Crippen LogP) is 2.56. The van der Waals surface area contributed by atoms with Gasteiger partial charge in [-0.15, -0.1) is 0 Å². The monoisotopic (exact) mass is 308 g/mol. The maximum absolute atomic E-state index is 12.5. The van der Waals surface area contributed by atoms with Gasteiger partial charge in [0.15, 0.2) is 0 Å². The summed E-state index contributed by atoms with van der Waals surface area (Å²) in [7, 11) is 1.85. The fraction of sp³-hybridized carbons (Fsp3) is 0.111. The van der Waals surface area contributed by atoms with Crippen molar-refractivity contribution in [2.75, 3.05) is 0 Å². The second-order valence-electron chi connectivity index (χ2n) is 5.27. The summed E-state index contributed by atoms with van der Waals surface area (Å²) in [4.78, 5) is 24.2. The van der Waals surface area contributed by atoms with Crippen LogP contribution in [-0.2, 0) is 16.6 Å². The van der Waals surface area contributed by atoms with Crippen molar-refractivity contribution in [2.45, 2.75) is 6.10 Å². The van der Waals surface area contributed by atoms with Gasteiger partial charge < -0.3 is 15.0 Å². The third-order valence-corrected chi connectivity index (χ3v) is 3.70. The number of rotatable bonds is 4. The third kappa shape index (κ3) is 2.81. The summed E-state index contributed by atoms with van der Waals surface area (Å²) in [5.74, 6) is -1.28. The highest BCUT2D eigenvalue weighted by molar-refractivity contribution is 6.05. The van der Waals surface area contributed by atoms with Gasteiger partial charge in [-0.2, -0.15) is 0 Å². The molecule has 0 unspecified atom stereocenters. The Morgan fingerprint density at radius 3 is 2.39 bits per heavy atom. The number of nitrogens with zero attached hydrogens (tertiary/aromatic N) is 1. The van der Waals surface area contributed by atoms with E-state index < -0.39 is 18.0 Å². The Labute approximate surface area is 133 Å². The summed E-state index contributed by atoms with van der Waals surface area (Å²) in [5, 5.41) is 0.774. The average Bonchev–Trinajstić information content (AvgIpc) is 2.90. The molecule has 0 aliphatic carbocycles. The highest BCUT2D eigenvalue weighted by Gasteiger charge is 2.25. The zero-order chi connectivity index (χ0) is 16.4. The van der Waals surface area contributed by atoms with Crippen LogP contribution in [-0.4, -0.2) is 16.4 Å². The highest BCUT2D eigenvalue weighted by atomic mass is 16.5. The number of carbonyl (C=O) groups excluding carboxylic acids is 2. The minimum atomic E-state index is -1.11. The normalized spacial score (nSPS) is 12.0. The standard InChI is InChI=1S/C18H16N2O3/c1-20-11-14(13-9-5-6-10-15(13)20)18(22)23-16(17(19)21)12-7-3-2-4-8-12/h2-11,16H,1H3,(H2,19,21)/t16-/m0/s1. The molecule has 0 spiro atoms. The zero-order valence-corrected chi connectivity index (χ0v) is 12.6. The summed E-state index contributed by atoms with van der Waals surface area (Å²) in [6, 6.07) is 16.2. The first-order valence-electron chi connectivity index (χ1n) is 7.17. The molecular weight excluding hydrogens is 292 g/mol. The number of aryl methyl sites for hydroxylation is 1. The van der Waals surface area contributed by atoms with E-state index in [4.69, 9.17) is 10.5 Å². The van der Waals surface area contributed by atoms with Crippen LogP contribution < -0.4 is 5.73 Å². The number of hydrogen-bond acceptors (Lipinski definition) is 3. The van der Waals surface area contributed by atoms with Crippen LogP contribution in [0.1, 0.15) is 22.0 Å². The van der Waals surface area contributed by atoms with Crippen LogP contribution in [0.4, 0.5) is 0 Å². The molecule has 0 bridgehead atoms. The van der Waals surface area contributed by atoms with Crippen molar-refractivity contribution in [1.29, 1.82) is 0 Å². The molecule has 23 heavy (non-hydrogen) atoms. The smallest absolute Gasteiger partial charge is 0.341 e. The van der Waals surface area contributed by atoms with E-state index in [1.807, 2.05) is 41.9 Å². The number of aromatic nitrogens is 1. The van der Waals surface area contributed by atoms with Crippen LogP contribution in [0.5, 0.6) is 0 Å². The van der Waals surface area contributed by atoms with Crippen molar-refractivity contribution in [1.82, 2.24) is 4.57 Å². The van der Waals surface area contributed by atoms with Crippen molar-refractivity contribution in [3.8, 4) is 0 Å². The van der Waals surface area contributed by atoms with Crippen molar-refractivity contribution >= 4 is 22.8 Å². The number of carbonyl (C=O) groups is 2. The molecule has 5 heteroatoms. The second-order valence-corrected chi connectivity index (χ2v) is 5.27. The molecule has 2 N–H and O–H groups in total. The Morgan fingerprint density at radius 1 is 1.04 bits per heavy atom. The topological polar surface area (TPSA) is 74.3 Å². The largest absolute Gasteiger partial charge is 0.444 e. The Balaban J connectivity index is 1.94. The number of amides is 1. The number of ether oxygens (including phenoxy) is 1. The van der Waals surface area contributed by atoms with E-state index >= 15 is 0 Å². The summed E-state index contributed by atoms with van der Waals surface area (Å²) in [5.41, 5.74) is 7.26. The van der Waals surface area contributed by atoms with Gasteiger partial charge in [-0.25, -0.2) is 4.79 Å². The van der Waals surface area contributed by atoms with Crippen LogP contribution in [0.15, 0.2) is 60.8 Å².